The van der Waals surface area contributed by atoms with E-state index < -0.39 is 29.1 Å². The summed E-state index contributed by atoms with van der Waals surface area (Å²) in [6, 6.07) is 6.55. The van der Waals surface area contributed by atoms with Gasteiger partial charge in [0.2, 0.25) is 0 Å². The van der Waals surface area contributed by atoms with Crippen LogP contribution >= 0.6 is 0 Å². The Morgan fingerprint density at radius 3 is 2.19 bits per heavy atom. The average Bonchev–Trinajstić information content (AvgIpc) is 2.70. The number of rotatable bonds is 5. The fourth-order valence-corrected chi connectivity index (χ4v) is 3.64. The van der Waals surface area contributed by atoms with Gasteiger partial charge in [-0.25, -0.2) is 0 Å². The lowest BCUT2D eigenvalue weighted by molar-refractivity contribution is -0.376. The number of hydrogen-bond donors (Lipinski definition) is 1. The highest BCUT2D eigenvalue weighted by Gasteiger charge is 2.71. The summed E-state index contributed by atoms with van der Waals surface area (Å²) < 4.78 is 87.0. The zero-order chi connectivity index (χ0) is 23.2. The number of methoxy groups -OCH3 is 1. The Labute approximate surface area is 172 Å². The predicted molar refractivity (Wildman–Crippen MR) is 103 cm³/mol. The molecule has 0 bridgehead atoms. The van der Waals surface area contributed by atoms with E-state index in [0.717, 1.165) is 6.07 Å². The van der Waals surface area contributed by atoms with Crippen molar-refractivity contribution < 1.29 is 36.2 Å². The van der Waals surface area contributed by atoms with Crippen molar-refractivity contribution in [1.29, 1.82) is 0 Å². The van der Waals surface area contributed by atoms with Crippen molar-refractivity contribution in [3.8, 4) is 5.75 Å². The lowest BCUT2D eigenvalue weighted by atomic mass is 9.90. The molecule has 0 aliphatic rings. The Hall–Kier alpha value is -2.75. The summed E-state index contributed by atoms with van der Waals surface area (Å²) in [5, 5.41) is 9.93. The molecule has 31 heavy (non-hydrogen) atoms. The first-order valence-electron chi connectivity index (χ1n) is 9.38. The van der Waals surface area contributed by atoms with Gasteiger partial charge in [0, 0.05) is 22.9 Å². The van der Waals surface area contributed by atoms with E-state index in [4.69, 9.17) is 4.74 Å². The summed E-state index contributed by atoms with van der Waals surface area (Å²) in [5.74, 6) is 0.113. The monoisotopic (exact) mass is 447 g/mol. The van der Waals surface area contributed by atoms with Crippen molar-refractivity contribution >= 4 is 21.7 Å². The normalized spacial score (nSPS) is 13.2. The van der Waals surface area contributed by atoms with Gasteiger partial charge < -0.3 is 14.4 Å². The van der Waals surface area contributed by atoms with E-state index in [9.17, 15) is 36.2 Å². The van der Waals surface area contributed by atoms with Crippen LogP contribution in [0.15, 0.2) is 41.2 Å². The van der Waals surface area contributed by atoms with Gasteiger partial charge in [0.05, 0.1) is 18.0 Å². The number of nitrogens with zero attached hydrogens (tertiary/aromatic N) is 1. The van der Waals surface area contributed by atoms with Gasteiger partial charge in [-0.2, -0.15) is 26.3 Å². The lowest BCUT2D eigenvalue weighted by Crippen LogP contribution is -2.53. The van der Waals surface area contributed by atoms with Crippen LogP contribution in [-0.4, -0.2) is 29.1 Å². The van der Waals surface area contributed by atoms with Crippen LogP contribution in [0.25, 0.3) is 21.7 Å². The van der Waals surface area contributed by atoms with E-state index in [1.54, 1.807) is 0 Å². The second-order valence-corrected chi connectivity index (χ2v) is 7.13. The molecule has 4 nitrogen and oxygen atoms in total. The Kier molecular flexibility index (Phi) is 5.72. The van der Waals surface area contributed by atoms with Crippen LogP contribution in [0.4, 0.5) is 26.3 Å². The molecule has 0 radical (unpaired) electrons. The van der Waals surface area contributed by atoms with Crippen molar-refractivity contribution in [2.24, 2.45) is 0 Å². The van der Waals surface area contributed by atoms with Crippen LogP contribution in [0.1, 0.15) is 25.3 Å². The molecule has 0 atom stereocenters. The molecule has 3 rings (SSSR count). The van der Waals surface area contributed by atoms with E-state index in [-0.39, 0.29) is 34.0 Å². The molecule has 1 aromatic heterocycles. The average molecular weight is 447 g/mol. The molecule has 0 amide bonds. The summed E-state index contributed by atoms with van der Waals surface area (Å²) in [6.07, 6.45) is -10.8. The summed E-state index contributed by atoms with van der Waals surface area (Å²) in [7, 11) is 1.27. The van der Waals surface area contributed by atoms with Gasteiger partial charge >= 0.3 is 12.4 Å². The van der Waals surface area contributed by atoms with Gasteiger partial charge in [0.25, 0.3) is 11.2 Å². The number of halogens is 6. The number of benzene rings is 2. The fourth-order valence-electron chi connectivity index (χ4n) is 3.64. The zero-order valence-electron chi connectivity index (χ0n) is 16.6. The van der Waals surface area contributed by atoms with Crippen LogP contribution < -0.4 is 10.3 Å². The minimum Gasteiger partial charge on any atom is -0.496 e. The third kappa shape index (κ3) is 3.52. The Morgan fingerprint density at radius 1 is 1.00 bits per heavy atom. The number of ether oxygens (including phenoxy) is 1. The smallest absolute Gasteiger partial charge is 0.430 e. The van der Waals surface area contributed by atoms with Crippen molar-refractivity contribution in [3.05, 3.63) is 52.3 Å². The maximum absolute atomic E-state index is 13.4. The molecule has 3 aromatic rings. The quantitative estimate of drug-likeness (QED) is 0.428. The van der Waals surface area contributed by atoms with Gasteiger partial charge in [-0.1, -0.05) is 25.5 Å². The predicted octanol–water partition coefficient (Wildman–Crippen LogP) is 5.28. The third-order valence-corrected chi connectivity index (χ3v) is 5.25. The van der Waals surface area contributed by atoms with E-state index in [1.807, 2.05) is 6.92 Å². The van der Waals surface area contributed by atoms with E-state index >= 15 is 0 Å². The van der Waals surface area contributed by atoms with Crippen LogP contribution in [0.5, 0.6) is 5.75 Å². The number of aliphatic hydroxyl groups is 1. The van der Waals surface area contributed by atoms with Gasteiger partial charge in [-0.3, -0.25) is 4.79 Å². The van der Waals surface area contributed by atoms with Gasteiger partial charge in [0.15, 0.2) is 0 Å². The molecule has 10 heteroatoms. The lowest BCUT2D eigenvalue weighted by Gasteiger charge is -2.33. The standard InChI is InChI=1S/C21H19F6NO3/c1-3-4-10-28-15-9-8-12(19(30,20(22,23)24)21(25,26)27)11-14(15)17-13(18(28)29)6-5-7-16(17)31-2/h5-9,11,30H,3-4,10H2,1-2H3. The number of fused-ring (bicyclic) bond motifs is 3. The first-order valence-corrected chi connectivity index (χ1v) is 9.38. The number of aromatic nitrogens is 1. The highest BCUT2D eigenvalue weighted by molar-refractivity contribution is 6.09. The Morgan fingerprint density at radius 2 is 1.65 bits per heavy atom. The second kappa shape index (κ2) is 7.74. The Bertz CT molecular complexity index is 1170. The molecule has 2 aromatic carbocycles. The zero-order valence-corrected chi connectivity index (χ0v) is 16.6. The number of unbranched alkanes of at least 4 members (excludes halogenated alkanes) is 1. The molecule has 0 aliphatic heterocycles. The molecule has 0 unspecified atom stereocenters. The first kappa shape index (κ1) is 22.9. The molecular formula is C21H19F6NO3. The molecule has 0 spiro atoms. The minimum atomic E-state index is -6.02. The number of pyridine rings is 1. The minimum absolute atomic E-state index is 0.0624. The summed E-state index contributed by atoms with van der Waals surface area (Å²) in [5.41, 5.74) is -6.77. The van der Waals surface area contributed by atoms with Crippen molar-refractivity contribution in [3.63, 3.8) is 0 Å². The van der Waals surface area contributed by atoms with Crippen LogP contribution in [0, 0.1) is 0 Å². The number of alkyl halides is 6. The molecule has 1 N–H and O–H groups in total. The first-order chi connectivity index (χ1) is 14.4. The van der Waals surface area contributed by atoms with Crippen LogP contribution in [0.3, 0.4) is 0 Å². The highest BCUT2D eigenvalue weighted by Crippen LogP contribution is 2.50. The molecule has 168 valence electrons. The Balaban J connectivity index is 2.50. The molecule has 0 saturated heterocycles. The SMILES string of the molecule is CCCCn1c(=O)c2cccc(OC)c2c2cc(C(O)(C(F)(F)F)C(F)(F)F)ccc21. The van der Waals surface area contributed by atoms with E-state index in [1.165, 1.54) is 29.9 Å². The molecule has 1 heterocycles. The topological polar surface area (TPSA) is 51.5 Å². The maximum atomic E-state index is 13.4. The summed E-state index contributed by atoms with van der Waals surface area (Å²) >= 11 is 0. The molecule has 0 fully saturated rings. The summed E-state index contributed by atoms with van der Waals surface area (Å²) in [6.45, 7) is 2.10. The van der Waals surface area contributed by atoms with Crippen molar-refractivity contribution in [1.82, 2.24) is 4.57 Å². The third-order valence-electron chi connectivity index (χ3n) is 5.25. The molecule has 0 aliphatic carbocycles. The largest absolute Gasteiger partial charge is 0.496 e. The molecular weight excluding hydrogens is 428 g/mol. The highest BCUT2D eigenvalue weighted by atomic mass is 19.4. The van der Waals surface area contributed by atoms with Crippen LogP contribution in [-0.2, 0) is 12.1 Å². The number of aryl methyl sites for hydroxylation is 1. The van der Waals surface area contributed by atoms with E-state index in [2.05, 4.69) is 0 Å². The van der Waals surface area contributed by atoms with Gasteiger partial charge in [-0.05, 0) is 30.7 Å². The molecule has 0 saturated carbocycles. The number of hydrogen-bond acceptors (Lipinski definition) is 3. The fraction of sp³-hybridized carbons (Fsp3) is 0.381. The summed E-state index contributed by atoms with van der Waals surface area (Å²) in [4.78, 5) is 13.0. The van der Waals surface area contributed by atoms with Crippen molar-refractivity contribution in [2.45, 2.75) is 44.3 Å². The van der Waals surface area contributed by atoms with Gasteiger partial charge in [-0.15, -0.1) is 0 Å². The van der Waals surface area contributed by atoms with E-state index in [0.29, 0.717) is 25.0 Å². The maximum Gasteiger partial charge on any atom is 0.430 e. The van der Waals surface area contributed by atoms with Crippen LogP contribution in [0.2, 0.25) is 0 Å². The second-order valence-electron chi connectivity index (χ2n) is 7.13. The van der Waals surface area contributed by atoms with Gasteiger partial charge in [0.1, 0.15) is 5.75 Å². The van der Waals surface area contributed by atoms with Crippen molar-refractivity contribution in [2.75, 3.05) is 7.11 Å².